The highest BCUT2D eigenvalue weighted by Gasteiger charge is 2.85. The van der Waals surface area contributed by atoms with E-state index in [0.29, 0.717) is 0 Å². The minimum Gasteiger partial charge on any atom is -0.457 e. The largest absolute Gasteiger partial charge is 0.457 e. The molecule has 2 saturated carbocycles. The smallest absolute Gasteiger partial charge is 0.405 e. The quantitative estimate of drug-likeness (QED) is 0.580. The summed E-state index contributed by atoms with van der Waals surface area (Å²) in [6, 6.07) is 0. The third-order valence-corrected chi connectivity index (χ3v) is 5.58. The molecular formula is C15H17F3O4. The predicted molar refractivity (Wildman–Crippen MR) is 68.4 cm³/mol. The Kier molecular flexibility index (Phi) is 2.83. The van der Waals surface area contributed by atoms with Crippen LogP contribution in [0.2, 0.25) is 0 Å². The summed E-state index contributed by atoms with van der Waals surface area (Å²) in [5.74, 6) is -3.51. The SMILES string of the molecule is C=C(C)C(=O)OC1C2OC(=O)C3(C(F)(F)F)CC1C(C)(C)C23. The van der Waals surface area contributed by atoms with Gasteiger partial charge in [-0.25, -0.2) is 4.79 Å². The molecule has 7 heteroatoms. The highest BCUT2D eigenvalue weighted by molar-refractivity contribution is 5.87. The van der Waals surface area contributed by atoms with Crippen molar-refractivity contribution in [1.29, 1.82) is 0 Å². The van der Waals surface area contributed by atoms with E-state index in [9.17, 15) is 22.8 Å². The first-order valence-corrected chi connectivity index (χ1v) is 7.09. The van der Waals surface area contributed by atoms with E-state index in [2.05, 4.69) is 6.58 Å². The van der Waals surface area contributed by atoms with Crippen molar-refractivity contribution in [2.75, 3.05) is 0 Å². The molecule has 1 aliphatic heterocycles. The van der Waals surface area contributed by atoms with Crippen LogP contribution in [-0.4, -0.2) is 30.3 Å². The van der Waals surface area contributed by atoms with E-state index >= 15 is 0 Å². The fourth-order valence-electron chi connectivity index (χ4n) is 4.62. The summed E-state index contributed by atoms with van der Waals surface area (Å²) in [4.78, 5) is 23.7. The number of alkyl halides is 3. The monoisotopic (exact) mass is 318 g/mol. The molecule has 122 valence electrons. The fraction of sp³-hybridized carbons (Fsp3) is 0.733. The van der Waals surface area contributed by atoms with E-state index in [1.807, 2.05) is 0 Å². The van der Waals surface area contributed by atoms with Crippen molar-refractivity contribution in [3.05, 3.63) is 12.2 Å². The second-order valence-corrected chi connectivity index (χ2v) is 7.10. The summed E-state index contributed by atoms with van der Waals surface area (Å²) >= 11 is 0. The Hall–Kier alpha value is -1.53. The molecule has 4 nitrogen and oxygen atoms in total. The Morgan fingerprint density at radius 2 is 2.00 bits per heavy atom. The van der Waals surface area contributed by atoms with Crippen molar-refractivity contribution in [3.63, 3.8) is 0 Å². The Labute approximate surface area is 125 Å². The summed E-state index contributed by atoms with van der Waals surface area (Å²) in [5, 5.41) is 0. The third-order valence-electron chi connectivity index (χ3n) is 5.58. The Balaban J connectivity index is 2.02. The number of halogens is 3. The van der Waals surface area contributed by atoms with Gasteiger partial charge in [-0.3, -0.25) is 4.79 Å². The first-order valence-electron chi connectivity index (χ1n) is 7.09. The number of ether oxygens (including phenoxy) is 2. The van der Waals surface area contributed by atoms with Crippen LogP contribution in [0.5, 0.6) is 0 Å². The highest BCUT2D eigenvalue weighted by atomic mass is 19.4. The van der Waals surface area contributed by atoms with Crippen LogP contribution in [-0.2, 0) is 19.1 Å². The molecule has 0 N–H and O–H groups in total. The van der Waals surface area contributed by atoms with Crippen molar-refractivity contribution in [1.82, 2.24) is 0 Å². The molecule has 1 saturated heterocycles. The van der Waals surface area contributed by atoms with Gasteiger partial charge in [0, 0.05) is 17.4 Å². The topological polar surface area (TPSA) is 52.6 Å². The van der Waals surface area contributed by atoms with Gasteiger partial charge in [0.2, 0.25) is 0 Å². The number of fused-ring (bicyclic) bond motifs is 1. The summed E-state index contributed by atoms with van der Waals surface area (Å²) in [7, 11) is 0. The van der Waals surface area contributed by atoms with E-state index in [0.717, 1.165) is 0 Å². The fourth-order valence-corrected chi connectivity index (χ4v) is 4.62. The van der Waals surface area contributed by atoms with E-state index in [1.165, 1.54) is 6.92 Å². The Bertz CT molecular complexity index is 580. The van der Waals surface area contributed by atoms with Gasteiger partial charge < -0.3 is 9.47 Å². The van der Waals surface area contributed by atoms with Crippen molar-refractivity contribution in [3.8, 4) is 0 Å². The van der Waals surface area contributed by atoms with Crippen LogP contribution in [0.3, 0.4) is 0 Å². The number of rotatable bonds is 2. The molecule has 2 bridgehead atoms. The molecule has 0 aromatic rings. The van der Waals surface area contributed by atoms with Gasteiger partial charge in [-0.1, -0.05) is 20.4 Å². The molecular weight excluding hydrogens is 301 g/mol. The maximum absolute atomic E-state index is 13.6. The minimum absolute atomic E-state index is 0.159. The average Bonchev–Trinajstić information content (AvgIpc) is 2.82. The van der Waals surface area contributed by atoms with Crippen molar-refractivity contribution in [2.45, 2.75) is 45.6 Å². The molecule has 5 unspecified atom stereocenters. The number of carbonyl (C=O) groups excluding carboxylic acids is 2. The van der Waals surface area contributed by atoms with Crippen LogP contribution in [0.4, 0.5) is 13.2 Å². The van der Waals surface area contributed by atoms with Gasteiger partial charge in [0.05, 0.1) is 0 Å². The van der Waals surface area contributed by atoms with E-state index in [1.54, 1.807) is 13.8 Å². The van der Waals surface area contributed by atoms with E-state index in [4.69, 9.17) is 9.47 Å². The molecule has 0 amide bonds. The maximum atomic E-state index is 13.6. The lowest BCUT2D eigenvalue weighted by atomic mass is 9.70. The molecule has 3 aliphatic rings. The van der Waals surface area contributed by atoms with Gasteiger partial charge in [0.25, 0.3) is 0 Å². The number of hydrogen-bond donors (Lipinski definition) is 0. The summed E-state index contributed by atoms with van der Waals surface area (Å²) < 4.78 is 51.1. The molecule has 3 rings (SSSR count). The first kappa shape index (κ1) is 15.4. The normalized spacial score (nSPS) is 41.5. The minimum atomic E-state index is -4.67. The first-order chi connectivity index (χ1) is 9.94. The highest BCUT2D eigenvalue weighted by Crippen LogP contribution is 2.74. The van der Waals surface area contributed by atoms with Gasteiger partial charge in [-0.2, -0.15) is 13.2 Å². The van der Waals surface area contributed by atoms with E-state index in [-0.39, 0.29) is 5.57 Å². The van der Waals surface area contributed by atoms with Crippen molar-refractivity contribution in [2.24, 2.45) is 22.7 Å². The van der Waals surface area contributed by atoms with Gasteiger partial charge in [0.15, 0.2) is 5.41 Å². The summed E-state index contributed by atoms with van der Waals surface area (Å²) in [6.45, 7) is 8.28. The average molecular weight is 318 g/mol. The van der Waals surface area contributed by atoms with Crippen LogP contribution in [0, 0.1) is 22.7 Å². The molecule has 0 aromatic heterocycles. The standard InChI is InChI=1S/C15H17F3O4/c1-6(2)11(19)21-8-7-5-14(15(16,17)18)10(13(7,3)4)9(8)22-12(14)20/h7-10H,1,5H2,2-4H3. The predicted octanol–water partition coefficient (Wildman–Crippen LogP) is 2.62. The summed E-state index contributed by atoms with van der Waals surface area (Å²) in [6.07, 6.45) is -6.94. The lowest BCUT2D eigenvalue weighted by Gasteiger charge is -2.33. The van der Waals surface area contributed by atoms with Crippen LogP contribution in [0.25, 0.3) is 0 Å². The zero-order valence-corrected chi connectivity index (χ0v) is 12.5. The van der Waals surface area contributed by atoms with Gasteiger partial charge in [-0.15, -0.1) is 0 Å². The van der Waals surface area contributed by atoms with Crippen LogP contribution < -0.4 is 0 Å². The molecule has 2 aliphatic carbocycles. The maximum Gasteiger partial charge on any atom is 0.405 e. The van der Waals surface area contributed by atoms with Crippen molar-refractivity contribution >= 4 is 11.9 Å². The second-order valence-electron chi connectivity index (χ2n) is 7.10. The lowest BCUT2D eigenvalue weighted by molar-refractivity contribution is -0.233. The Morgan fingerprint density at radius 3 is 2.50 bits per heavy atom. The van der Waals surface area contributed by atoms with Crippen LogP contribution in [0.1, 0.15) is 27.2 Å². The summed E-state index contributed by atoms with van der Waals surface area (Å²) in [5.41, 5.74) is -3.10. The molecule has 0 spiro atoms. The lowest BCUT2D eigenvalue weighted by Crippen LogP contribution is -2.49. The van der Waals surface area contributed by atoms with Gasteiger partial charge in [-0.05, 0) is 18.8 Å². The van der Waals surface area contributed by atoms with Gasteiger partial charge in [0.1, 0.15) is 12.2 Å². The number of hydrogen-bond acceptors (Lipinski definition) is 4. The molecule has 3 fully saturated rings. The Morgan fingerprint density at radius 1 is 1.41 bits per heavy atom. The molecule has 5 atom stereocenters. The zero-order valence-electron chi connectivity index (χ0n) is 12.5. The van der Waals surface area contributed by atoms with Gasteiger partial charge >= 0.3 is 18.1 Å². The number of carbonyl (C=O) groups is 2. The second kappa shape index (κ2) is 4.06. The molecule has 0 radical (unpaired) electrons. The van der Waals surface area contributed by atoms with Crippen LogP contribution in [0.15, 0.2) is 12.2 Å². The van der Waals surface area contributed by atoms with Crippen LogP contribution >= 0.6 is 0 Å². The molecule has 22 heavy (non-hydrogen) atoms. The molecule has 0 aromatic carbocycles. The van der Waals surface area contributed by atoms with E-state index < -0.39 is 59.4 Å². The third kappa shape index (κ3) is 1.54. The molecule has 1 heterocycles. The zero-order chi connectivity index (χ0) is 16.7. The number of esters is 2. The van der Waals surface area contributed by atoms with Crippen molar-refractivity contribution < 1.29 is 32.2 Å².